The third-order valence-corrected chi connectivity index (χ3v) is 3.06. The lowest BCUT2D eigenvalue weighted by molar-refractivity contribution is 0.242. The maximum Gasteiger partial charge on any atom is 0.297 e. The Hall–Kier alpha value is -2.17. The minimum Gasteiger partial charge on any atom is -0.492 e. The van der Waals surface area contributed by atoms with Gasteiger partial charge in [-0.05, 0) is 26.0 Å². The van der Waals surface area contributed by atoms with Gasteiger partial charge in [0.25, 0.3) is 5.56 Å². The van der Waals surface area contributed by atoms with Crippen LogP contribution in [0.1, 0.15) is 13.8 Å². The van der Waals surface area contributed by atoms with Gasteiger partial charge in [-0.15, -0.1) is 0 Å². The number of pyridine rings is 1. The predicted molar refractivity (Wildman–Crippen MR) is 78.1 cm³/mol. The zero-order valence-corrected chi connectivity index (χ0v) is 12.4. The lowest BCUT2D eigenvalue weighted by Crippen LogP contribution is -2.20. The topological polar surface area (TPSA) is 49.7 Å². The zero-order chi connectivity index (χ0) is 14.9. The lowest BCUT2D eigenvalue weighted by Gasteiger charge is -2.15. The maximum absolute atomic E-state index is 12.2. The number of rotatable bonds is 4. The van der Waals surface area contributed by atoms with Crippen molar-refractivity contribution < 1.29 is 14.2 Å². The molecule has 2 aromatic rings. The fourth-order valence-electron chi connectivity index (χ4n) is 2.19. The van der Waals surface area contributed by atoms with Crippen molar-refractivity contribution in [3.63, 3.8) is 0 Å². The van der Waals surface area contributed by atoms with Gasteiger partial charge in [0.05, 0.1) is 25.8 Å². The Morgan fingerprint density at radius 1 is 1.10 bits per heavy atom. The second-order valence-electron chi connectivity index (χ2n) is 4.78. The van der Waals surface area contributed by atoms with Gasteiger partial charge in [0.2, 0.25) is 5.75 Å². The number of nitrogens with zero attached hydrogens (tertiary/aromatic N) is 1. The molecule has 0 amide bonds. The lowest BCUT2D eigenvalue weighted by atomic mass is 10.1. The van der Waals surface area contributed by atoms with Crippen LogP contribution in [0.4, 0.5) is 0 Å². The molecule has 0 aliphatic rings. The molecule has 0 unspecified atom stereocenters. The van der Waals surface area contributed by atoms with E-state index in [9.17, 15) is 4.79 Å². The van der Waals surface area contributed by atoms with Gasteiger partial charge in [-0.1, -0.05) is 0 Å². The molecule has 0 aliphatic carbocycles. The molecule has 0 N–H and O–H groups in total. The minimum absolute atomic E-state index is 0.0737. The smallest absolute Gasteiger partial charge is 0.297 e. The second kappa shape index (κ2) is 5.45. The molecule has 20 heavy (non-hydrogen) atoms. The van der Waals surface area contributed by atoms with Crippen molar-refractivity contribution >= 4 is 10.9 Å². The van der Waals surface area contributed by atoms with Gasteiger partial charge in [0, 0.05) is 18.5 Å². The first kappa shape index (κ1) is 14.2. The van der Waals surface area contributed by atoms with Gasteiger partial charge in [-0.2, -0.15) is 0 Å². The molecule has 0 atom stereocenters. The molecular formula is C15H19NO4. The largest absolute Gasteiger partial charge is 0.492 e. The normalized spacial score (nSPS) is 10.9. The number of ether oxygens (including phenoxy) is 3. The average molecular weight is 277 g/mol. The summed E-state index contributed by atoms with van der Waals surface area (Å²) in [6.07, 6.45) is 0.0737. The molecule has 0 aliphatic heterocycles. The number of aromatic nitrogens is 1. The molecule has 1 aromatic heterocycles. The van der Waals surface area contributed by atoms with Gasteiger partial charge in [-0.25, -0.2) is 0 Å². The molecule has 0 saturated heterocycles. The van der Waals surface area contributed by atoms with E-state index in [1.165, 1.54) is 18.8 Å². The summed E-state index contributed by atoms with van der Waals surface area (Å²) >= 11 is 0. The number of fused-ring (bicyclic) bond motifs is 1. The average Bonchev–Trinajstić information content (AvgIpc) is 2.42. The molecule has 0 spiro atoms. The van der Waals surface area contributed by atoms with Crippen molar-refractivity contribution in [1.29, 1.82) is 0 Å². The van der Waals surface area contributed by atoms with E-state index >= 15 is 0 Å². The first-order valence-corrected chi connectivity index (χ1v) is 6.41. The molecule has 108 valence electrons. The number of hydrogen-bond acceptors (Lipinski definition) is 4. The summed E-state index contributed by atoms with van der Waals surface area (Å²) in [6, 6.07) is 5.56. The minimum atomic E-state index is -0.237. The van der Waals surface area contributed by atoms with Gasteiger partial charge in [0.15, 0.2) is 5.75 Å². The highest BCUT2D eigenvalue weighted by molar-refractivity contribution is 5.88. The molecule has 0 fully saturated rings. The van der Waals surface area contributed by atoms with Crippen LogP contribution in [-0.4, -0.2) is 24.9 Å². The van der Waals surface area contributed by atoms with E-state index in [0.717, 1.165) is 16.7 Å². The third kappa shape index (κ3) is 2.31. The van der Waals surface area contributed by atoms with Crippen molar-refractivity contribution in [2.24, 2.45) is 7.05 Å². The molecular weight excluding hydrogens is 258 g/mol. The Labute approximate surface area is 117 Å². The quantitative estimate of drug-likeness (QED) is 0.860. The summed E-state index contributed by atoms with van der Waals surface area (Å²) in [7, 11) is 4.68. The van der Waals surface area contributed by atoms with Crippen LogP contribution in [-0.2, 0) is 7.05 Å². The van der Waals surface area contributed by atoms with Crippen molar-refractivity contribution in [1.82, 2.24) is 4.57 Å². The van der Waals surface area contributed by atoms with E-state index < -0.39 is 0 Å². The Kier molecular flexibility index (Phi) is 3.88. The Morgan fingerprint density at radius 2 is 1.75 bits per heavy atom. The summed E-state index contributed by atoms with van der Waals surface area (Å²) in [4.78, 5) is 12.2. The van der Waals surface area contributed by atoms with Gasteiger partial charge < -0.3 is 18.8 Å². The van der Waals surface area contributed by atoms with Crippen LogP contribution >= 0.6 is 0 Å². The van der Waals surface area contributed by atoms with Crippen molar-refractivity contribution in [3.05, 3.63) is 28.6 Å². The van der Waals surface area contributed by atoms with Crippen LogP contribution in [0.25, 0.3) is 10.9 Å². The van der Waals surface area contributed by atoms with Crippen LogP contribution in [0.5, 0.6) is 17.2 Å². The highest BCUT2D eigenvalue weighted by Crippen LogP contribution is 2.33. The van der Waals surface area contributed by atoms with Crippen molar-refractivity contribution in [2.75, 3.05) is 14.2 Å². The van der Waals surface area contributed by atoms with E-state index in [-0.39, 0.29) is 17.4 Å². The summed E-state index contributed by atoms with van der Waals surface area (Å²) in [5, 5.41) is 0.808. The predicted octanol–water partition coefficient (Wildman–Crippen LogP) is 2.34. The van der Waals surface area contributed by atoms with E-state index in [1.807, 2.05) is 32.0 Å². The third-order valence-electron chi connectivity index (χ3n) is 3.06. The number of aryl methyl sites for hydroxylation is 1. The van der Waals surface area contributed by atoms with Crippen LogP contribution in [0.3, 0.4) is 0 Å². The fourth-order valence-corrected chi connectivity index (χ4v) is 2.19. The Bertz CT molecular complexity index is 688. The van der Waals surface area contributed by atoms with E-state index in [0.29, 0.717) is 5.75 Å². The van der Waals surface area contributed by atoms with Crippen LogP contribution in [0.2, 0.25) is 0 Å². The Balaban J connectivity index is 2.77. The molecule has 2 rings (SSSR count). The summed E-state index contributed by atoms with van der Waals surface area (Å²) < 4.78 is 17.7. The van der Waals surface area contributed by atoms with E-state index in [1.54, 1.807) is 7.05 Å². The number of methoxy groups -OCH3 is 2. The summed E-state index contributed by atoms with van der Waals surface area (Å²) in [5.74, 6) is 1.37. The molecule has 0 radical (unpaired) electrons. The summed E-state index contributed by atoms with van der Waals surface area (Å²) in [5.41, 5.74) is 0.504. The highest BCUT2D eigenvalue weighted by atomic mass is 16.5. The van der Waals surface area contributed by atoms with Crippen LogP contribution < -0.4 is 19.8 Å². The highest BCUT2D eigenvalue weighted by Gasteiger charge is 2.17. The first-order chi connectivity index (χ1) is 9.49. The molecule has 1 aromatic carbocycles. The summed E-state index contributed by atoms with van der Waals surface area (Å²) in [6.45, 7) is 3.91. The van der Waals surface area contributed by atoms with Crippen LogP contribution in [0, 0.1) is 0 Å². The first-order valence-electron chi connectivity index (χ1n) is 6.41. The molecule has 0 bridgehead atoms. The zero-order valence-electron chi connectivity index (χ0n) is 12.4. The maximum atomic E-state index is 12.2. The molecule has 0 saturated carbocycles. The van der Waals surface area contributed by atoms with Gasteiger partial charge in [0.1, 0.15) is 5.75 Å². The van der Waals surface area contributed by atoms with Gasteiger partial charge in [-0.3, -0.25) is 4.79 Å². The van der Waals surface area contributed by atoms with Crippen molar-refractivity contribution in [2.45, 2.75) is 20.0 Å². The fraction of sp³-hybridized carbons (Fsp3) is 0.400. The van der Waals surface area contributed by atoms with Gasteiger partial charge >= 0.3 is 0 Å². The standard InChI is InChI=1S/C15H19NO4/c1-9(2)20-10-6-7-11-12(8-10)16(3)15(17)14(19-5)13(11)18-4/h6-9H,1-5H3. The van der Waals surface area contributed by atoms with E-state index in [4.69, 9.17) is 14.2 Å². The molecule has 5 heteroatoms. The monoisotopic (exact) mass is 277 g/mol. The van der Waals surface area contributed by atoms with Crippen molar-refractivity contribution in [3.8, 4) is 17.2 Å². The molecule has 1 heterocycles. The van der Waals surface area contributed by atoms with E-state index in [2.05, 4.69) is 0 Å². The van der Waals surface area contributed by atoms with Crippen LogP contribution in [0.15, 0.2) is 23.0 Å². The number of benzene rings is 1. The second-order valence-corrected chi connectivity index (χ2v) is 4.78. The number of hydrogen-bond donors (Lipinski definition) is 0. The SMILES string of the molecule is COc1c(OC)c2ccc(OC(C)C)cc2n(C)c1=O. The molecule has 5 nitrogen and oxygen atoms in total. The Morgan fingerprint density at radius 3 is 2.30 bits per heavy atom.